The van der Waals surface area contributed by atoms with E-state index in [1.807, 2.05) is 6.92 Å². The van der Waals surface area contributed by atoms with Gasteiger partial charge >= 0.3 is 5.97 Å². The molecule has 0 aromatic rings. The molecule has 2 N–H and O–H groups in total. The molecule has 0 saturated heterocycles. The van der Waals surface area contributed by atoms with Gasteiger partial charge in [0.25, 0.3) is 0 Å². The van der Waals surface area contributed by atoms with Crippen LogP contribution in [0, 0.1) is 0 Å². The van der Waals surface area contributed by atoms with E-state index in [-0.39, 0.29) is 6.61 Å². The summed E-state index contributed by atoms with van der Waals surface area (Å²) in [4.78, 5) is 22.5. The summed E-state index contributed by atoms with van der Waals surface area (Å²) in [6.45, 7) is 4.30. The minimum absolute atomic E-state index is 0.165. The third kappa shape index (κ3) is 3.97. The highest BCUT2D eigenvalue weighted by atomic mass is 16.6. The van der Waals surface area contributed by atoms with Gasteiger partial charge < -0.3 is 14.9 Å². The molecule has 0 aliphatic heterocycles. The van der Waals surface area contributed by atoms with Crippen LogP contribution in [-0.2, 0) is 14.3 Å². The van der Waals surface area contributed by atoms with E-state index in [0.717, 1.165) is 13.3 Å². The number of ether oxygens (including phenoxy) is 1. The number of aliphatic hydroxyl groups excluding tert-OH is 1. The van der Waals surface area contributed by atoms with E-state index in [0.29, 0.717) is 6.42 Å². The molecule has 0 heterocycles. The van der Waals surface area contributed by atoms with Gasteiger partial charge in [-0.05, 0) is 20.3 Å². The van der Waals surface area contributed by atoms with Gasteiger partial charge in [-0.2, -0.15) is 0 Å². The number of ketones is 1. The molecule has 0 aromatic carbocycles. The van der Waals surface area contributed by atoms with Crippen molar-refractivity contribution in [3.8, 4) is 0 Å². The number of aliphatic hydroxyl groups is 2. The first-order valence-electron chi connectivity index (χ1n) is 4.96. The highest BCUT2D eigenvalue weighted by Gasteiger charge is 2.42. The van der Waals surface area contributed by atoms with Crippen LogP contribution in [0.3, 0.4) is 0 Å². The number of carbonyl (C=O) groups is 2. The van der Waals surface area contributed by atoms with Gasteiger partial charge in [0.15, 0.2) is 0 Å². The fourth-order valence-corrected chi connectivity index (χ4v) is 0.957. The topological polar surface area (TPSA) is 83.8 Å². The number of rotatable bonds is 6. The van der Waals surface area contributed by atoms with Crippen LogP contribution < -0.4 is 0 Å². The molecule has 2 atom stereocenters. The highest BCUT2D eigenvalue weighted by molar-refractivity contribution is 6.08. The lowest BCUT2D eigenvalue weighted by Gasteiger charge is -2.21. The highest BCUT2D eigenvalue weighted by Crippen LogP contribution is 2.11. The first-order chi connectivity index (χ1) is 6.84. The molecule has 0 aliphatic carbocycles. The Labute approximate surface area is 89.0 Å². The minimum Gasteiger partial charge on any atom is -0.463 e. The average molecular weight is 218 g/mol. The number of unbranched alkanes of at least 4 members (excludes halogenated alkanes) is 1. The first kappa shape index (κ1) is 14.1. The van der Waals surface area contributed by atoms with Crippen LogP contribution in [0.2, 0.25) is 0 Å². The van der Waals surface area contributed by atoms with Crippen molar-refractivity contribution >= 4 is 11.8 Å². The molecule has 0 amide bonds. The van der Waals surface area contributed by atoms with Crippen molar-refractivity contribution in [3.63, 3.8) is 0 Å². The SMILES string of the molecule is CCCCOC(=O)C(C)(O)C(=O)C(C)O. The van der Waals surface area contributed by atoms with E-state index in [9.17, 15) is 14.7 Å². The standard InChI is InChI=1S/C10H18O5/c1-4-5-6-15-9(13)10(3,14)8(12)7(2)11/h7,11,14H,4-6H2,1-3H3. The molecule has 88 valence electrons. The van der Waals surface area contributed by atoms with Crippen LogP contribution in [-0.4, -0.2) is 40.3 Å². The number of hydrogen-bond donors (Lipinski definition) is 2. The van der Waals surface area contributed by atoms with Crippen LogP contribution in [0.4, 0.5) is 0 Å². The average Bonchev–Trinajstić information content (AvgIpc) is 2.16. The zero-order chi connectivity index (χ0) is 12.1. The van der Waals surface area contributed by atoms with E-state index in [1.54, 1.807) is 0 Å². The van der Waals surface area contributed by atoms with Gasteiger partial charge in [0, 0.05) is 0 Å². The summed E-state index contributed by atoms with van der Waals surface area (Å²) in [7, 11) is 0. The van der Waals surface area contributed by atoms with Gasteiger partial charge in [0.1, 0.15) is 6.10 Å². The molecule has 0 fully saturated rings. The Kier molecular flexibility index (Phi) is 5.46. The maximum atomic E-state index is 11.3. The zero-order valence-corrected chi connectivity index (χ0v) is 9.32. The molecule has 0 aromatic heterocycles. The predicted molar refractivity (Wildman–Crippen MR) is 53.2 cm³/mol. The van der Waals surface area contributed by atoms with Gasteiger partial charge in [-0.1, -0.05) is 13.3 Å². The molecule has 0 aliphatic rings. The number of carbonyl (C=O) groups excluding carboxylic acids is 2. The van der Waals surface area contributed by atoms with E-state index in [1.165, 1.54) is 6.92 Å². The van der Waals surface area contributed by atoms with Crippen LogP contribution >= 0.6 is 0 Å². The maximum absolute atomic E-state index is 11.3. The largest absolute Gasteiger partial charge is 0.463 e. The molecule has 0 rings (SSSR count). The minimum atomic E-state index is -2.26. The van der Waals surface area contributed by atoms with E-state index in [2.05, 4.69) is 0 Å². The number of Topliss-reactive ketones (excluding diaryl/α,β-unsaturated/α-hetero) is 1. The summed E-state index contributed by atoms with van der Waals surface area (Å²) in [5.41, 5.74) is -2.26. The Morgan fingerprint density at radius 1 is 1.47 bits per heavy atom. The molecule has 2 unspecified atom stereocenters. The molecule has 15 heavy (non-hydrogen) atoms. The monoisotopic (exact) mass is 218 g/mol. The van der Waals surface area contributed by atoms with Crippen LogP contribution in [0.1, 0.15) is 33.6 Å². The van der Waals surface area contributed by atoms with Gasteiger partial charge in [-0.25, -0.2) is 4.79 Å². The summed E-state index contributed by atoms with van der Waals surface area (Å²) in [6.07, 6.45) is 0.128. The summed E-state index contributed by atoms with van der Waals surface area (Å²) in [5.74, 6) is -1.97. The van der Waals surface area contributed by atoms with Crippen LogP contribution in [0.25, 0.3) is 0 Å². The molecule has 0 bridgehead atoms. The van der Waals surface area contributed by atoms with E-state index < -0.39 is 23.5 Å². The molecule has 0 spiro atoms. The summed E-state index contributed by atoms with van der Waals surface area (Å²) in [6, 6.07) is 0. The van der Waals surface area contributed by atoms with E-state index in [4.69, 9.17) is 9.84 Å². The van der Waals surface area contributed by atoms with E-state index >= 15 is 0 Å². The molecule has 0 radical (unpaired) electrons. The van der Waals surface area contributed by atoms with Crippen molar-refractivity contribution < 1.29 is 24.5 Å². The Morgan fingerprint density at radius 2 is 2.00 bits per heavy atom. The molecular weight excluding hydrogens is 200 g/mol. The molecular formula is C10H18O5. The van der Waals surface area contributed by atoms with Gasteiger partial charge in [0.05, 0.1) is 6.61 Å². The van der Waals surface area contributed by atoms with Crippen molar-refractivity contribution in [1.29, 1.82) is 0 Å². The lowest BCUT2D eigenvalue weighted by Crippen LogP contribution is -2.49. The number of hydrogen-bond acceptors (Lipinski definition) is 5. The van der Waals surface area contributed by atoms with Crippen molar-refractivity contribution in [2.75, 3.05) is 6.61 Å². The second kappa shape index (κ2) is 5.82. The summed E-state index contributed by atoms with van der Waals surface area (Å²) in [5, 5.41) is 18.5. The van der Waals surface area contributed by atoms with Gasteiger partial charge in [-0.15, -0.1) is 0 Å². The normalized spacial score (nSPS) is 16.6. The zero-order valence-electron chi connectivity index (χ0n) is 9.32. The first-order valence-corrected chi connectivity index (χ1v) is 4.96. The fourth-order valence-electron chi connectivity index (χ4n) is 0.957. The van der Waals surface area contributed by atoms with Crippen molar-refractivity contribution in [1.82, 2.24) is 0 Å². The van der Waals surface area contributed by atoms with Crippen molar-refractivity contribution in [2.24, 2.45) is 0 Å². The number of esters is 1. The lowest BCUT2D eigenvalue weighted by molar-refractivity contribution is -0.171. The smallest absolute Gasteiger partial charge is 0.345 e. The summed E-state index contributed by atoms with van der Waals surface area (Å²) < 4.78 is 4.70. The second-order valence-electron chi connectivity index (χ2n) is 3.60. The fraction of sp³-hybridized carbons (Fsp3) is 0.800. The Morgan fingerprint density at radius 3 is 2.40 bits per heavy atom. The summed E-state index contributed by atoms with van der Waals surface area (Å²) >= 11 is 0. The maximum Gasteiger partial charge on any atom is 0.345 e. The van der Waals surface area contributed by atoms with Gasteiger partial charge in [-0.3, -0.25) is 4.79 Å². The predicted octanol–water partition coefficient (Wildman–Crippen LogP) is 0.0306. The quantitative estimate of drug-likeness (QED) is 0.373. The molecule has 0 saturated carbocycles. The Balaban J connectivity index is 4.32. The Bertz CT molecular complexity index is 232. The second-order valence-corrected chi connectivity index (χ2v) is 3.60. The van der Waals surface area contributed by atoms with Crippen LogP contribution in [0.15, 0.2) is 0 Å². The van der Waals surface area contributed by atoms with Crippen molar-refractivity contribution in [3.05, 3.63) is 0 Å². The molecule has 5 nitrogen and oxygen atoms in total. The lowest BCUT2D eigenvalue weighted by atomic mass is 9.98. The van der Waals surface area contributed by atoms with Crippen LogP contribution in [0.5, 0.6) is 0 Å². The Hall–Kier alpha value is -0.940. The molecule has 5 heteroatoms. The third-order valence-electron chi connectivity index (χ3n) is 1.99. The van der Waals surface area contributed by atoms with Gasteiger partial charge in [0.2, 0.25) is 11.4 Å². The third-order valence-corrected chi connectivity index (χ3v) is 1.99. The van der Waals surface area contributed by atoms with Crippen molar-refractivity contribution in [2.45, 2.75) is 45.3 Å².